The molecule has 3 aromatic rings. The second-order valence-electron chi connectivity index (χ2n) is 6.30. The van der Waals surface area contributed by atoms with E-state index in [2.05, 4.69) is 20.9 Å². The molecule has 3 rings (SSSR count). The molecule has 1 aromatic carbocycles. The van der Waals surface area contributed by atoms with Gasteiger partial charge >= 0.3 is 0 Å². The molecule has 2 heterocycles. The monoisotopic (exact) mass is 430 g/mol. The van der Waals surface area contributed by atoms with Gasteiger partial charge in [0, 0.05) is 18.9 Å². The molecule has 0 saturated heterocycles. The van der Waals surface area contributed by atoms with E-state index in [0.717, 1.165) is 17.5 Å². The molecule has 0 unspecified atom stereocenters. The highest BCUT2D eigenvalue weighted by Gasteiger charge is 2.29. The zero-order valence-corrected chi connectivity index (χ0v) is 16.7. The van der Waals surface area contributed by atoms with Crippen molar-refractivity contribution in [2.75, 3.05) is 6.54 Å². The molecule has 0 N–H and O–H groups in total. The Bertz CT molecular complexity index is 927. The third kappa shape index (κ3) is 4.27. The minimum absolute atomic E-state index is 0.224. The third-order valence-electron chi connectivity index (χ3n) is 4.32. The van der Waals surface area contributed by atoms with E-state index in [4.69, 9.17) is 4.42 Å². The summed E-state index contributed by atoms with van der Waals surface area (Å²) in [7, 11) is 0. The molecule has 1 atom stereocenters. The summed E-state index contributed by atoms with van der Waals surface area (Å²) in [6.45, 7) is 4.25. The average molecular weight is 431 g/mol. The van der Waals surface area contributed by atoms with E-state index in [1.165, 1.54) is 6.07 Å². The van der Waals surface area contributed by atoms with Crippen molar-refractivity contribution in [3.63, 3.8) is 0 Å². The van der Waals surface area contributed by atoms with E-state index >= 15 is 0 Å². The number of carbonyl (C=O) groups excluding carboxylic acids is 1. The van der Waals surface area contributed by atoms with Gasteiger partial charge in [0.05, 0.1) is 6.04 Å². The maximum Gasteiger partial charge on any atom is 0.290 e. The highest BCUT2D eigenvalue weighted by Crippen LogP contribution is 2.31. The Morgan fingerprint density at radius 3 is 2.67 bits per heavy atom. The van der Waals surface area contributed by atoms with Crippen LogP contribution < -0.4 is 0 Å². The molecule has 0 aliphatic carbocycles. The number of pyridine rings is 1. The molecule has 0 aliphatic heterocycles. The maximum atomic E-state index is 13.8. The average Bonchev–Trinajstić information content (AvgIpc) is 3.11. The summed E-state index contributed by atoms with van der Waals surface area (Å²) in [4.78, 5) is 19.2. The number of rotatable bonds is 6. The summed E-state index contributed by atoms with van der Waals surface area (Å²) in [6, 6.07) is 11.6. The predicted molar refractivity (Wildman–Crippen MR) is 105 cm³/mol. The number of hydrogen-bond acceptors (Lipinski definition) is 3. The summed E-state index contributed by atoms with van der Waals surface area (Å²) in [6.07, 6.45) is 4.19. The van der Waals surface area contributed by atoms with Crippen molar-refractivity contribution in [3.05, 3.63) is 87.8 Å². The van der Waals surface area contributed by atoms with E-state index in [1.807, 2.05) is 19.1 Å². The second-order valence-corrected chi connectivity index (χ2v) is 7.08. The van der Waals surface area contributed by atoms with E-state index in [1.54, 1.807) is 48.5 Å². The number of halogens is 2. The van der Waals surface area contributed by atoms with Crippen molar-refractivity contribution in [2.45, 2.75) is 26.3 Å². The summed E-state index contributed by atoms with van der Waals surface area (Å²) in [5, 5.41) is 0. The summed E-state index contributed by atoms with van der Waals surface area (Å²) in [5.41, 5.74) is 2.22. The standard InChI is InChI=1S/C21H20BrFN2O2/c1-3-11-25(21(26)18-8-9-19(22)27-18)20(16-5-4-10-24-13-16)15-6-7-17(23)14(2)12-15/h4-10,12-13,20H,3,11H2,1-2H3/t20-/m1/s1. The molecule has 0 radical (unpaired) electrons. The largest absolute Gasteiger partial charge is 0.444 e. The van der Waals surface area contributed by atoms with Crippen LogP contribution in [-0.4, -0.2) is 22.3 Å². The fraction of sp³-hybridized carbons (Fsp3) is 0.238. The SMILES string of the molecule is CCCN(C(=O)c1ccc(Br)o1)[C@@H](c1cccnc1)c1ccc(F)c(C)c1. The number of benzene rings is 1. The lowest BCUT2D eigenvalue weighted by atomic mass is 9.96. The summed E-state index contributed by atoms with van der Waals surface area (Å²) >= 11 is 3.24. The Labute approximate surface area is 166 Å². The number of furan rings is 1. The predicted octanol–water partition coefficient (Wildman–Crippen LogP) is 5.53. The first-order chi connectivity index (χ1) is 13.0. The number of aryl methyl sites for hydroxylation is 1. The van der Waals surface area contributed by atoms with Crippen LogP contribution in [0.2, 0.25) is 0 Å². The van der Waals surface area contributed by atoms with Crippen LogP contribution in [0, 0.1) is 12.7 Å². The topological polar surface area (TPSA) is 46.3 Å². The molecular formula is C21H20BrFN2O2. The molecule has 2 aromatic heterocycles. The van der Waals surface area contributed by atoms with Gasteiger partial charge in [-0.3, -0.25) is 9.78 Å². The van der Waals surface area contributed by atoms with Crippen molar-refractivity contribution < 1.29 is 13.6 Å². The molecular weight excluding hydrogens is 411 g/mol. The molecule has 0 fully saturated rings. The van der Waals surface area contributed by atoms with E-state index in [0.29, 0.717) is 16.8 Å². The lowest BCUT2D eigenvalue weighted by Crippen LogP contribution is -2.36. The number of amides is 1. The molecule has 140 valence electrons. The zero-order chi connectivity index (χ0) is 19.4. The number of hydrogen-bond donors (Lipinski definition) is 0. The van der Waals surface area contributed by atoms with Crippen LogP contribution in [-0.2, 0) is 0 Å². The van der Waals surface area contributed by atoms with E-state index < -0.39 is 6.04 Å². The maximum absolute atomic E-state index is 13.8. The molecule has 4 nitrogen and oxygen atoms in total. The van der Waals surface area contributed by atoms with Gasteiger partial charge in [-0.05, 0) is 70.2 Å². The van der Waals surface area contributed by atoms with Gasteiger partial charge in [-0.2, -0.15) is 0 Å². The Balaban J connectivity index is 2.10. The summed E-state index contributed by atoms with van der Waals surface area (Å²) < 4.78 is 19.8. The van der Waals surface area contributed by atoms with Gasteiger partial charge in [0.25, 0.3) is 5.91 Å². The minimum atomic E-state index is -0.394. The Morgan fingerprint density at radius 2 is 2.07 bits per heavy atom. The van der Waals surface area contributed by atoms with Crippen LogP contribution >= 0.6 is 15.9 Å². The Hall–Kier alpha value is -2.47. The van der Waals surface area contributed by atoms with Crippen LogP contribution in [0.25, 0.3) is 0 Å². The van der Waals surface area contributed by atoms with Crippen LogP contribution in [0.4, 0.5) is 4.39 Å². The smallest absolute Gasteiger partial charge is 0.290 e. The van der Waals surface area contributed by atoms with E-state index in [9.17, 15) is 9.18 Å². The van der Waals surface area contributed by atoms with Crippen molar-refractivity contribution in [1.82, 2.24) is 9.88 Å². The number of nitrogens with zero attached hydrogens (tertiary/aromatic N) is 2. The number of carbonyl (C=O) groups is 1. The first-order valence-corrected chi connectivity index (χ1v) is 9.52. The fourth-order valence-electron chi connectivity index (χ4n) is 3.09. The molecule has 1 amide bonds. The van der Waals surface area contributed by atoms with Crippen LogP contribution in [0.3, 0.4) is 0 Å². The third-order valence-corrected chi connectivity index (χ3v) is 4.75. The lowest BCUT2D eigenvalue weighted by Gasteiger charge is -2.32. The Morgan fingerprint density at radius 1 is 1.26 bits per heavy atom. The second kappa shape index (κ2) is 8.48. The molecule has 0 spiro atoms. The minimum Gasteiger partial charge on any atom is -0.444 e. The fourth-order valence-corrected chi connectivity index (χ4v) is 3.39. The molecule has 0 aliphatic rings. The number of aromatic nitrogens is 1. The van der Waals surface area contributed by atoms with Crippen molar-refractivity contribution >= 4 is 21.8 Å². The van der Waals surface area contributed by atoms with Gasteiger partial charge in [-0.15, -0.1) is 0 Å². The van der Waals surface area contributed by atoms with E-state index in [-0.39, 0.29) is 17.5 Å². The quantitative estimate of drug-likeness (QED) is 0.516. The van der Waals surface area contributed by atoms with Gasteiger partial charge in [0.15, 0.2) is 10.4 Å². The van der Waals surface area contributed by atoms with Crippen LogP contribution in [0.5, 0.6) is 0 Å². The highest BCUT2D eigenvalue weighted by atomic mass is 79.9. The molecule has 6 heteroatoms. The molecule has 0 saturated carbocycles. The Kier molecular flexibility index (Phi) is 6.06. The molecule has 27 heavy (non-hydrogen) atoms. The first-order valence-electron chi connectivity index (χ1n) is 8.73. The van der Waals surface area contributed by atoms with Gasteiger partial charge in [0.1, 0.15) is 5.82 Å². The highest BCUT2D eigenvalue weighted by molar-refractivity contribution is 9.10. The first kappa shape index (κ1) is 19.3. The van der Waals surface area contributed by atoms with Crippen molar-refractivity contribution in [2.24, 2.45) is 0 Å². The van der Waals surface area contributed by atoms with Gasteiger partial charge in [0.2, 0.25) is 0 Å². The van der Waals surface area contributed by atoms with Crippen LogP contribution in [0.1, 0.15) is 46.6 Å². The molecule has 0 bridgehead atoms. The van der Waals surface area contributed by atoms with Crippen LogP contribution in [0.15, 0.2) is 63.9 Å². The normalized spacial score (nSPS) is 12.0. The lowest BCUT2D eigenvalue weighted by molar-refractivity contribution is 0.0672. The van der Waals surface area contributed by atoms with Gasteiger partial charge in [-0.25, -0.2) is 4.39 Å². The van der Waals surface area contributed by atoms with Crippen molar-refractivity contribution in [1.29, 1.82) is 0 Å². The van der Waals surface area contributed by atoms with Crippen molar-refractivity contribution in [3.8, 4) is 0 Å². The zero-order valence-electron chi connectivity index (χ0n) is 15.2. The van der Waals surface area contributed by atoms with Gasteiger partial charge < -0.3 is 9.32 Å². The summed E-state index contributed by atoms with van der Waals surface area (Å²) in [5.74, 6) is -0.242. The van der Waals surface area contributed by atoms with Gasteiger partial charge in [-0.1, -0.05) is 25.1 Å².